The summed E-state index contributed by atoms with van der Waals surface area (Å²) in [6, 6.07) is 0. The molecule has 1 saturated carbocycles. The molecular weight excluding hydrogens is 284 g/mol. The molecule has 1 aromatic heterocycles. The highest BCUT2D eigenvalue weighted by Gasteiger charge is 2.34. The van der Waals surface area contributed by atoms with Gasteiger partial charge in [0.2, 0.25) is 0 Å². The number of anilines is 1. The molecule has 0 bridgehead atoms. The largest absolute Gasteiger partial charge is 0.349 e. The number of nitrogens with zero attached hydrogens (tertiary/aromatic N) is 3. The van der Waals surface area contributed by atoms with E-state index >= 15 is 0 Å². The Labute approximate surface area is 130 Å². The number of thiazole rings is 1. The summed E-state index contributed by atoms with van der Waals surface area (Å²) >= 11 is 1.59. The van der Waals surface area contributed by atoms with Gasteiger partial charge < -0.3 is 15.1 Å². The predicted octanol–water partition coefficient (Wildman–Crippen LogP) is 1.91. The van der Waals surface area contributed by atoms with Crippen LogP contribution in [0, 0.1) is 0 Å². The average molecular weight is 308 g/mol. The number of carbonyl (C=O) groups is 1. The van der Waals surface area contributed by atoms with E-state index in [4.69, 9.17) is 4.98 Å². The van der Waals surface area contributed by atoms with Crippen molar-refractivity contribution in [3.63, 3.8) is 0 Å². The molecule has 5 nitrogen and oxygen atoms in total. The summed E-state index contributed by atoms with van der Waals surface area (Å²) in [5, 5.41) is 4.31. The van der Waals surface area contributed by atoms with Gasteiger partial charge in [0.15, 0.2) is 5.13 Å². The minimum absolute atomic E-state index is 0.189. The molecule has 3 rings (SSSR count). The third kappa shape index (κ3) is 3.06. The molecule has 6 heteroatoms. The van der Waals surface area contributed by atoms with Gasteiger partial charge in [-0.15, -0.1) is 0 Å². The fourth-order valence-electron chi connectivity index (χ4n) is 2.75. The first kappa shape index (κ1) is 14.8. The Balaban J connectivity index is 1.86. The van der Waals surface area contributed by atoms with Crippen molar-refractivity contribution in [3.8, 4) is 0 Å². The minimum Gasteiger partial charge on any atom is -0.349 e. The summed E-state index contributed by atoms with van der Waals surface area (Å²) in [4.78, 5) is 22.7. The SMILES string of the molecule is CCN(CC)c1nc(C2CC2)c(C(=O)N2CCNCC2)s1. The van der Waals surface area contributed by atoms with Crippen LogP contribution in [0.15, 0.2) is 0 Å². The molecule has 1 aliphatic carbocycles. The second-order valence-electron chi connectivity index (χ2n) is 5.70. The van der Waals surface area contributed by atoms with Gasteiger partial charge in [-0.1, -0.05) is 11.3 Å². The van der Waals surface area contributed by atoms with Crippen LogP contribution in [0.4, 0.5) is 5.13 Å². The van der Waals surface area contributed by atoms with E-state index in [-0.39, 0.29) is 5.91 Å². The number of piperazine rings is 1. The van der Waals surface area contributed by atoms with Crippen LogP contribution < -0.4 is 10.2 Å². The first-order valence-corrected chi connectivity index (χ1v) is 8.81. The topological polar surface area (TPSA) is 48.5 Å². The Morgan fingerprint density at radius 2 is 2.00 bits per heavy atom. The number of nitrogens with one attached hydrogen (secondary N) is 1. The Morgan fingerprint density at radius 3 is 2.57 bits per heavy atom. The highest BCUT2D eigenvalue weighted by Crippen LogP contribution is 2.44. The molecule has 1 saturated heterocycles. The number of hydrogen-bond acceptors (Lipinski definition) is 5. The molecule has 0 aromatic carbocycles. The number of rotatable bonds is 5. The van der Waals surface area contributed by atoms with Crippen LogP contribution in [-0.2, 0) is 0 Å². The molecule has 116 valence electrons. The Bertz CT molecular complexity index is 502. The van der Waals surface area contributed by atoms with Crippen LogP contribution in [0.25, 0.3) is 0 Å². The van der Waals surface area contributed by atoms with Gasteiger partial charge in [0.1, 0.15) is 4.88 Å². The lowest BCUT2D eigenvalue weighted by atomic mass is 10.2. The molecule has 1 aromatic rings. The van der Waals surface area contributed by atoms with Crippen molar-refractivity contribution in [1.29, 1.82) is 0 Å². The highest BCUT2D eigenvalue weighted by atomic mass is 32.1. The van der Waals surface area contributed by atoms with Crippen molar-refractivity contribution in [3.05, 3.63) is 10.6 Å². The maximum atomic E-state index is 12.8. The Morgan fingerprint density at radius 1 is 1.33 bits per heavy atom. The first-order chi connectivity index (χ1) is 10.2. The van der Waals surface area contributed by atoms with Crippen LogP contribution >= 0.6 is 11.3 Å². The van der Waals surface area contributed by atoms with Gasteiger partial charge in [-0.25, -0.2) is 4.98 Å². The van der Waals surface area contributed by atoms with Crippen molar-refractivity contribution in [2.24, 2.45) is 0 Å². The summed E-state index contributed by atoms with van der Waals surface area (Å²) in [5.41, 5.74) is 1.06. The molecule has 0 unspecified atom stereocenters. The normalized spacial score (nSPS) is 18.9. The first-order valence-electron chi connectivity index (χ1n) is 8.00. The zero-order valence-corrected chi connectivity index (χ0v) is 13.7. The predicted molar refractivity (Wildman–Crippen MR) is 86.4 cm³/mol. The van der Waals surface area contributed by atoms with Crippen molar-refractivity contribution < 1.29 is 4.79 Å². The summed E-state index contributed by atoms with van der Waals surface area (Å²) < 4.78 is 0. The third-order valence-corrected chi connectivity index (χ3v) is 5.36. The van der Waals surface area contributed by atoms with Gasteiger partial charge in [-0.2, -0.15) is 0 Å². The van der Waals surface area contributed by atoms with Crippen LogP contribution in [0.3, 0.4) is 0 Å². The lowest BCUT2D eigenvalue weighted by Crippen LogP contribution is -2.46. The van der Waals surface area contributed by atoms with Crippen molar-refractivity contribution in [2.75, 3.05) is 44.2 Å². The molecule has 0 radical (unpaired) electrons. The van der Waals surface area contributed by atoms with Gasteiger partial charge in [-0.05, 0) is 26.7 Å². The maximum absolute atomic E-state index is 12.8. The monoisotopic (exact) mass is 308 g/mol. The zero-order valence-electron chi connectivity index (χ0n) is 12.9. The molecule has 1 amide bonds. The quantitative estimate of drug-likeness (QED) is 0.903. The molecule has 2 heterocycles. The molecule has 2 fully saturated rings. The second kappa shape index (κ2) is 6.32. The second-order valence-corrected chi connectivity index (χ2v) is 6.68. The van der Waals surface area contributed by atoms with E-state index < -0.39 is 0 Å². The highest BCUT2D eigenvalue weighted by molar-refractivity contribution is 7.17. The van der Waals surface area contributed by atoms with Crippen LogP contribution in [-0.4, -0.2) is 55.1 Å². The number of carbonyl (C=O) groups excluding carboxylic acids is 1. The van der Waals surface area contributed by atoms with Crippen molar-refractivity contribution in [2.45, 2.75) is 32.6 Å². The number of hydrogen-bond donors (Lipinski definition) is 1. The van der Waals surface area contributed by atoms with E-state index in [1.807, 2.05) is 4.90 Å². The van der Waals surface area contributed by atoms with Crippen LogP contribution in [0.2, 0.25) is 0 Å². The van der Waals surface area contributed by atoms with Crippen molar-refractivity contribution in [1.82, 2.24) is 15.2 Å². The smallest absolute Gasteiger partial charge is 0.266 e. The molecule has 1 N–H and O–H groups in total. The summed E-state index contributed by atoms with van der Waals surface area (Å²) in [6.07, 6.45) is 2.37. The molecule has 0 spiro atoms. The summed E-state index contributed by atoms with van der Waals surface area (Å²) in [6.45, 7) is 9.56. The molecule has 0 atom stereocenters. The summed E-state index contributed by atoms with van der Waals surface area (Å²) in [5.74, 6) is 0.710. The molecular formula is C15H24N4OS. The van der Waals surface area contributed by atoms with E-state index in [0.717, 1.165) is 55.0 Å². The average Bonchev–Trinajstić information content (AvgIpc) is 3.29. The lowest BCUT2D eigenvalue weighted by molar-refractivity contribution is 0.0739. The van der Waals surface area contributed by atoms with Crippen LogP contribution in [0.5, 0.6) is 0 Å². The minimum atomic E-state index is 0.189. The van der Waals surface area contributed by atoms with E-state index in [1.54, 1.807) is 11.3 Å². The third-order valence-electron chi connectivity index (χ3n) is 4.24. The fourth-order valence-corrected chi connectivity index (χ4v) is 3.99. The van der Waals surface area contributed by atoms with Gasteiger partial charge in [0, 0.05) is 45.2 Å². The van der Waals surface area contributed by atoms with E-state index in [2.05, 4.69) is 24.1 Å². The van der Waals surface area contributed by atoms with E-state index in [9.17, 15) is 4.79 Å². The van der Waals surface area contributed by atoms with E-state index in [0.29, 0.717) is 5.92 Å². The number of amides is 1. The Hall–Kier alpha value is -1.14. The lowest BCUT2D eigenvalue weighted by Gasteiger charge is -2.27. The maximum Gasteiger partial charge on any atom is 0.266 e. The molecule has 1 aliphatic heterocycles. The van der Waals surface area contributed by atoms with Gasteiger partial charge in [-0.3, -0.25) is 4.79 Å². The van der Waals surface area contributed by atoms with Crippen molar-refractivity contribution >= 4 is 22.4 Å². The van der Waals surface area contributed by atoms with Gasteiger partial charge in [0.05, 0.1) is 5.69 Å². The zero-order chi connectivity index (χ0) is 14.8. The van der Waals surface area contributed by atoms with Crippen LogP contribution in [0.1, 0.15) is 48.0 Å². The standard InChI is InChI=1S/C15H24N4OS/c1-3-18(4-2)15-17-12(11-5-6-11)13(21-15)14(20)19-9-7-16-8-10-19/h11,16H,3-10H2,1-2H3. The van der Waals surface area contributed by atoms with Gasteiger partial charge in [0.25, 0.3) is 5.91 Å². The molecule has 21 heavy (non-hydrogen) atoms. The fraction of sp³-hybridized carbons (Fsp3) is 0.733. The number of aromatic nitrogens is 1. The Kier molecular flexibility index (Phi) is 4.45. The van der Waals surface area contributed by atoms with Gasteiger partial charge >= 0.3 is 0 Å². The molecule has 2 aliphatic rings. The summed E-state index contributed by atoms with van der Waals surface area (Å²) in [7, 11) is 0. The van der Waals surface area contributed by atoms with E-state index in [1.165, 1.54) is 12.8 Å².